The number of rotatable bonds is 4. The average Bonchev–Trinajstić information content (AvgIpc) is 2.64. The highest BCUT2D eigenvalue weighted by Crippen LogP contribution is 2.23. The molecule has 0 bridgehead atoms. The predicted molar refractivity (Wildman–Crippen MR) is 74.0 cm³/mol. The molecule has 102 valence electrons. The van der Waals surface area contributed by atoms with E-state index in [1.807, 2.05) is 14.0 Å². The van der Waals surface area contributed by atoms with Crippen molar-refractivity contribution in [1.82, 2.24) is 9.78 Å². The molecule has 0 saturated carbocycles. The Hall–Kier alpha value is -1.43. The molecule has 2 rings (SSSR count). The van der Waals surface area contributed by atoms with Crippen molar-refractivity contribution >= 4 is 21.6 Å². The third-order valence-electron chi connectivity index (χ3n) is 2.88. The second-order valence-electron chi connectivity index (χ2n) is 4.16. The van der Waals surface area contributed by atoms with Gasteiger partial charge in [-0.05, 0) is 34.5 Å². The Morgan fingerprint density at radius 2 is 2.11 bits per heavy atom. The van der Waals surface area contributed by atoms with Crippen LogP contribution in [0, 0.1) is 11.6 Å². The van der Waals surface area contributed by atoms with E-state index in [4.69, 9.17) is 0 Å². The number of benzene rings is 1. The summed E-state index contributed by atoms with van der Waals surface area (Å²) in [5, 5.41) is 7.30. The molecule has 19 heavy (non-hydrogen) atoms. The third-order valence-corrected chi connectivity index (χ3v) is 3.80. The first kappa shape index (κ1) is 14.0. The topological polar surface area (TPSA) is 29.9 Å². The van der Waals surface area contributed by atoms with Crippen LogP contribution in [0.2, 0.25) is 0 Å². The van der Waals surface area contributed by atoms with Crippen LogP contribution in [0.4, 0.5) is 14.5 Å². The van der Waals surface area contributed by atoms with Crippen LogP contribution in [0.1, 0.15) is 18.3 Å². The maximum absolute atomic E-state index is 13.5. The fraction of sp³-hybridized carbons (Fsp3) is 0.308. The zero-order valence-electron chi connectivity index (χ0n) is 10.7. The molecule has 0 amide bonds. The second-order valence-corrected chi connectivity index (χ2v) is 4.96. The van der Waals surface area contributed by atoms with Gasteiger partial charge < -0.3 is 5.32 Å². The van der Waals surface area contributed by atoms with Crippen molar-refractivity contribution in [2.24, 2.45) is 7.05 Å². The van der Waals surface area contributed by atoms with E-state index >= 15 is 0 Å². The van der Waals surface area contributed by atoms with Crippen LogP contribution in [0.15, 0.2) is 22.7 Å². The van der Waals surface area contributed by atoms with E-state index in [1.165, 1.54) is 12.1 Å². The van der Waals surface area contributed by atoms with Crippen LogP contribution in [-0.4, -0.2) is 9.78 Å². The number of hydrogen-bond donors (Lipinski definition) is 1. The summed E-state index contributed by atoms with van der Waals surface area (Å²) in [5.41, 5.74) is 2.15. The summed E-state index contributed by atoms with van der Waals surface area (Å²) < 4.78 is 29.0. The van der Waals surface area contributed by atoms with Gasteiger partial charge in [0.2, 0.25) is 0 Å². The first-order valence-corrected chi connectivity index (χ1v) is 6.71. The van der Waals surface area contributed by atoms with E-state index < -0.39 is 11.6 Å². The lowest BCUT2D eigenvalue weighted by Gasteiger charge is -2.08. The van der Waals surface area contributed by atoms with Gasteiger partial charge in [0, 0.05) is 13.1 Å². The molecule has 6 heteroatoms. The molecule has 3 nitrogen and oxygen atoms in total. The van der Waals surface area contributed by atoms with Crippen LogP contribution in [0.25, 0.3) is 0 Å². The SMILES string of the molecule is CCc1nn(C)c(CNc2ccc(F)cc2F)c1Br. The molecule has 0 aliphatic rings. The van der Waals surface area contributed by atoms with Gasteiger partial charge in [0.1, 0.15) is 11.6 Å². The van der Waals surface area contributed by atoms with Gasteiger partial charge in [-0.1, -0.05) is 6.92 Å². The Balaban J connectivity index is 2.16. The third kappa shape index (κ3) is 2.94. The molecule has 2 aromatic rings. The number of anilines is 1. The predicted octanol–water partition coefficient (Wildman–Crippen LogP) is 3.64. The molecule has 0 aliphatic heterocycles. The summed E-state index contributed by atoms with van der Waals surface area (Å²) >= 11 is 3.49. The van der Waals surface area contributed by atoms with E-state index in [0.29, 0.717) is 6.54 Å². The Morgan fingerprint density at radius 1 is 1.37 bits per heavy atom. The summed E-state index contributed by atoms with van der Waals surface area (Å²) in [7, 11) is 1.84. The van der Waals surface area contributed by atoms with Gasteiger partial charge in [0.25, 0.3) is 0 Å². The van der Waals surface area contributed by atoms with Crippen molar-refractivity contribution in [2.45, 2.75) is 19.9 Å². The molecular weight excluding hydrogens is 316 g/mol. The number of nitrogens with one attached hydrogen (secondary N) is 1. The Labute approximate surface area is 118 Å². The van der Waals surface area contributed by atoms with Gasteiger partial charge >= 0.3 is 0 Å². The molecular formula is C13H14BrF2N3. The van der Waals surface area contributed by atoms with Gasteiger partial charge in [-0.3, -0.25) is 4.68 Å². The maximum Gasteiger partial charge on any atom is 0.149 e. The summed E-state index contributed by atoms with van der Waals surface area (Å²) in [6.45, 7) is 2.43. The largest absolute Gasteiger partial charge is 0.377 e. The van der Waals surface area contributed by atoms with Crippen molar-refractivity contribution in [1.29, 1.82) is 0 Å². The molecule has 0 radical (unpaired) electrons. The number of halogens is 3. The molecule has 1 heterocycles. The van der Waals surface area contributed by atoms with Crippen LogP contribution in [-0.2, 0) is 20.0 Å². The number of nitrogens with zero attached hydrogens (tertiary/aromatic N) is 2. The van der Waals surface area contributed by atoms with E-state index in [1.54, 1.807) is 4.68 Å². The van der Waals surface area contributed by atoms with Crippen molar-refractivity contribution < 1.29 is 8.78 Å². The fourth-order valence-corrected chi connectivity index (χ4v) is 2.58. The first-order valence-electron chi connectivity index (χ1n) is 5.92. The molecule has 0 fully saturated rings. The number of hydrogen-bond acceptors (Lipinski definition) is 2. The summed E-state index contributed by atoms with van der Waals surface area (Å²) in [5.74, 6) is -1.19. The highest BCUT2D eigenvalue weighted by atomic mass is 79.9. The zero-order chi connectivity index (χ0) is 14.0. The molecule has 0 spiro atoms. The van der Waals surface area contributed by atoms with Crippen LogP contribution < -0.4 is 5.32 Å². The highest BCUT2D eigenvalue weighted by molar-refractivity contribution is 9.10. The smallest absolute Gasteiger partial charge is 0.149 e. The minimum atomic E-state index is -0.603. The lowest BCUT2D eigenvalue weighted by Crippen LogP contribution is -2.07. The molecule has 1 aromatic heterocycles. The standard InChI is InChI=1S/C13H14BrF2N3/c1-3-10-13(14)12(19(2)18-10)7-17-11-5-4-8(15)6-9(11)16/h4-6,17H,3,7H2,1-2H3. The van der Waals surface area contributed by atoms with Crippen LogP contribution in [0.5, 0.6) is 0 Å². The van der Waals surface area contributed by atoms with E-state index in [0.717, 1.165) is 28.3 Å². The lowest BCUT2D eigenvalue weighted by atomic mass is 10.2. The Bertz CT molecular complexity index is 596. The van der Waals surface area contributed by atoms with E-state index in [-0.39, 0.29) is 5.69 Å². The van der Waals surface area contributed by atoms with Gasteiger partial charge in [-0.15, -0.1) is 0 Å². The van der Waals surface area contributed by atoms with Crippen molar-refractivity contribution in [2.75, 3.05) is 5.32 Å². The average molecular weight is 330 g/mol. The van der Waals surface area contributed by atoms with E-state index in [2.05, 4.69) is 26.3 Å². The summed E-state index contributed by atoms with van der Waals surface area (Å²) in [4.78, 5) is 0. The first-order chi connectivity index (χ1) is 9.02. The van der Waals surface area contributed by atoms with Gasteiger partial charge in [0.05, 0.1) is 28.1 Å². The van der Waals surface area contributed by atoms with Gasteiger partial charge in [-0.25, -0.2) is 8.78 Å². The van der Waals surface area contributed by atoms with E-state index in [9.17, 15) is 8.78 Å². The monoisotopic (exact) mass is 329 g/mol. The van der Waals surface area contributed by atoms with Crippen LogP contribution in [0.3, 0.4) is 0 Å². The highest BCUT2D eigenvalue weighted by Gasteiger charge is 2.12. The molecule has 0 aliphatic carbocycles. The van der Waals surface area contributed by atoms with Crippen molar-refractivity contribution in [3.8, 4) is 0 Å². The molecule has 0 saturated heterocycles. The fourth-order valence-electron chi connectivity index (χ4n) is 1.82. The minimum absolute atomic E-state index is 0.271. The molecule has 0 atom stereocenters. The molecule has 0 unspecified atom stereocenters. The van der Waals surface area contributed by atoms with Gasteiger partial charge in [0.15, 0.2) is 0 Å². The Kier molecular flexibility index (Phi) is 4.19. The minimum Gasteiger partial charge on any atom is -0.377 e. The number of aryl methyl sites for hydroxylation is 2. The lowest BCUT2D eigenvalue weighted by molar-refractivity contribution is 0.584. The summed E-state index contributed by atoms with van der Waals surface area (Å²) in [6, 6.07) is 3.47. The Morgan fingerprint density at radius 3 is 2.68 bits per heavy atom. The normalized spacial score (nSPS) is 10.8. The quantitative estimate of drug-likeness (QED) is 0.928. The van der Waals surface area contributed by atoms with Gasteiger partial charge in [-0.2, -0.15) is 5.10 Å². The van der Waals surface area contributed by atoms with Crippen molar-refractivity contribution in [3.05, 3.63) is 45.7 Å². The summed E-state index contributed by atoms with van der Waals surface area (Å²) in [6.07, 6.45) is 0.819. The molecule has 1 aromatic carbocycles. The van der Waals surface area contributed by atoms with Crippen molar-refractivity contribution in [3.63, 3.8) is 0 Å². The maximum atomic E-state index is 13.5. The molecule has 1 N–H and O–H groups in total. The number of aromatic nitrogens is 2. The second kappa shape index (κ2) is 5.69. The van der Waals surface area contributed by atoms with Crippen LogP contribution >= 0.6 is 15.9 Å². The zero-order valence-corrected chi connectivity index (χ0v) is 12.3.